The summed E-state index contributed by atoms with van der Waals surface area (Å²) in [6, 6.07) is 22.1. The summed E-state index contributed by atoms with van der Waals surface area (Å²) in [5.41, 5.74) is 2.63. The van der Waals surface area contributed by atoms with E-state index in [1.807, 2.05) is 66.7 Å². The van der Waals surface area contributed by atoms with Crippen molar-refractivity contribution in [2.24, 2.45) is 0 Å². The molecular weight excluding hydrogens is 389 g/mol. The summed E-state index contributed by atoms with van der Waals surface area (Å²) in [7, 11) is 0. The minimum absolute atomic E-state index is 0.291. The quantitative estimate of drug-likeness (QED) is 0.289. The average Bonchev–Trinajstić information content (AvgIpc) is 2.65. The number of halogens is 3. The third kappa shape index (κ3) is 4.47. The van der Waals surface area contributed by atoms with Crippen LogP contribution in [-0.4, -0.2) is 5.91 Å². The second-order valence-electron chi connectivity index (χ2n) is 5.54. The minimum Gasteiger partial charge on any atom is -0.321 e. The van der Waals surface area contributed by atoms with E-state index in [0.29, 0.717) is 26.3 Å². The molecule has 2 nitrogen and oxygen atoms in total. The highest BCUT2D eigenvalue weighted by atomic mass is 35.5. The fraction of sp³-hybridized carbons (Fsp3) is 0. The summed E-state index contributed by atoms with van der Waals surface area (Å²) in [6.45, 7) is 0. The van der Waals surface area contributed by atoms with Crippen molar-refractivity contribution in [1.29, 1.82) is 0 Å². The Balaban J connectivity index is 1.99. The molecule has 0 heterocycles. The molecule has 3 aromatic carbocycles. The van der Waals surface area contributed by atoms with Crippen LogP contribution in [0, 0.1) is 0 Å². The van der Waals surface area contributed by atoms with Crippen LogP contribution in [0.15, 0.2) is 72.8 Å². The molecule has 130 valence electrons. The van der Waals surface area contributed by atoms with Crippen LogP contribution in [0.2, 0.25) is 15.1 Å². The number of anilines is 1. The van der Waals surface area contributed by atoms with Gasteiger partial charge < -0.3 is 5.32 Å². The molecule has 0 aliphatic heterocycles. The monoisotopic (exact) mass is 401 g/mol. The van der Waals surface area contributed by atoms with E-state index in [2.05, 4.69) is 5.32 Å². The molecule has 0 aliphatic carbocycles. The molecular formula is C21H14Cl3NO. The zero-order valence-electron chi connectivity index (χ0n) is 13.5. The van der Waals surface area contributed by atoms with Gasteiger partial charge in [-0.1, -0.05) is 95.5 Å². The van der Waals surface area contributed by atoms with Gasteiger partial charge in [-0.15, -0.1) is 0 Å². The summed E-state index contributed by atoms with van der Waals surface area (Å²) in [4.78, 5) is 13.0. The van der Waals surface area contributed by atoms with Gasteiger partial charge in [0.2, 0.25) is 0 Å². The predicted octanol–water partition coefficient (Wildman–Crippen LogP) is 6.83. The summed E-state index contributed by atoms with van der Waals surface area (Å²) < 4.78 is 0. The molecule has 3 rings (SSSR count). The third-order valence-corrected chi connectivity index (χ3v) is 4.73. The predicted molar refractivity (Wildman–Crippen MR) is 111 cm³/mol. The van der Waals surface area contributed by atoms with Crippen molar-refractivity contribution < 1.29 is 4.79 Å². The number of rotatable bonds is 4. The van der Waals surface area contributed by atoms with Crippen molar-refractivity contribution in [2.75, 3.05) is 5.32 Å². The van der Waals surface area contributed by atoms with Gasteiger partial charge in [-0.3, -0.25) is 4.79 Å². The summed E-state index contributed by atoms with van der Waals surface area (Å²) in [5, 5.41) is 3.78. The Morgan fingerprint density at radius 3 is 2.00 bits per heavy atom. The van der Waals surface area contributed by atoms with Gasteiger partial charge in [-0.25, -0.2) is 0 Å². The van der Waals surface area contributed by atoms with E-state index in [1.54, 1.807) is 0 Å². The summed E-state index contributed by atoms with van der Waals surface area (Å²) >= 11 is 18.2. The van der Waals surface area contributed by atoms with Gasteiger partial charge in [-0.2, -0.15) is 0 Å². The van der Waals surface area contributed by atoms with E-state index in [0.717, 1.165) is 11.1 Å². The van der Waals surface area contributed by atoms with E-state index >= 15 is 0 Å². The first-order valence-corrected chi connectivity index (χ1v) is 8.96. The highest BCUT2D eigenvalue weighted by Crippen LogP contribution is 2.33. The van der Waals surface area contributed by atoms with Gasteiger partial charge in [0.15, 0.2) is 0 Å². The average molecular weight is 403 g/mol. The van der Waals surface area contributed by atoms with Gasteiger partial charge in [-0.05, 0) is 29.3 Å². The maximum atomic E-state index is 13.0. The van der Waals surface area contributed by atoms with Gasteiger partial charge in [0, 0.05) is 5.57 Å². The Kier molecular flexibility index (Phi) is 6.00. The Hall–Kier alpha value is -2.26. The van der Waals surface area contributed by atoms with Crippen LogP contribution in [0.25, 0.3) is 11.6 Å². The number of carbonyl (C=O) groups is 1. The molecule has 0 saturated heterocycles. The molecule has 0 aliphatic rings. The smallest absolute Gasteiger partial charge is 0.256 e. The number of hydrogen-bond acceptors (Lipinski definition) is 1. The van der Waals surface area contributed by atoms with Crippen molar-refractivity contribution in [3.63, 3.8) is 0 Å². The molecule has 1 amide bonds. The van der Waals surface area contributed by atoms with Crippen molar-refractivity contribution in [3.05, 3.63) is 99.0 Å². The molecule has 0 atom stereocenters. The lowest BCUT2D eigenvalue weighted by Crippen LogP contribution is -2.14. The van der Waals surface area contributed by atoms with Gasteiger partial charge in [0.05, 0.1) is 20.8 Å². The lowest BCUT2D eigenvalue weighted by molar-refractivity contribution is -0.111. The van der Waals surface area contributed by atoms with Crippen molar-refractivity contribution in [2.45, 2.75) is 0 Å². The Labute approximate surface area is 167 Å². The Morgan fingerprint density at radius 2 is 1.35 bits per heavy atom. The lowest BCUT2D eigenvalue weighted by atomic mass is 10.0. The van der Waals surface area contributed by atoms with E-state index in [1.165, 1.54) is 12.1 Å². The van der Waals surface area contributed by atoms with Crippen LogP contribution in [-0.2, 0) is 4.79 Å². The maximum absolute atomic E-state index is 13.0. The van der Waals surface area contributed by atoms with Crippen LogP contribution in [0.1, 0.15) is 11.1 Å². The molecule has 0 bridgehead atoms. The van der Waals surface area contributed by atoms with Crippen LogP contribution >= 0.6 is 34.8 Å². The summed E-state index contributed by atoms with van der Waals surface area (Å²) in [5.74, 6) is -0.291. The standard InChI is InChI=1S/C21H14Cl3NO/c22-17-12-19(24)20(13-18(17)23)25-21(26)16(15-9-5-2-6-10-15)11-14-7-3-1-4-8-14/h1-13H,(H,25,26). The number of benzene rings is 3. The molecule has 0 unspecified atom stereocenters. The topological polar surface area (TPSA) is 29.1 Å². The van der Waals surface area contributed by atoms with Gasteiger partial charge >= 0.3 is 0 Å². The normalized spacial score (nSPS) is 11.3. The highest BCUT2D eigenvalue weighted by molar-refractivity contribution is 6.44. The SMILES string of the molecule is O=C(Nc1cc(Cl)c(Cl)cc1Cl)C(=Cc1ccccc1)c1ccccc1. The van der Waals surface area contributed by atoms with Crippen LogP contribution in [0.3, 0.4) is 0 Å². The number of hydrogen-bond donors (Lipinski definition) is 1. The lowest BCUT2D eigenvalue weighted by Gasteiger charge is -2.12. The van der Waals surface area contributed by atoms with E-state index in [4.69, 9.17) is 34.8 Å². The number of carbonyl (C=O) groups excluding carboxylic acids is 1. The molecule has 0 radical (unpaired) electrons. The van der Waals surface area contributed by atoms with Crippen molar-refractivity contribution in [3.8, 4) is 0 Å². The highest BCUT2D eigenvalue weighted by Gasteiger charge is 2.15. The Bertz CT molecular complexity index is 954. The van der Waals surface area contributed by atoms with E-state index in [9.17, 15) is 4.79 Å². The zero-order valence-corrected chi connectivity index (χ0v) is 15.8. The molecule has 0 saturated carbocycles. The fourth-order valence-electron chi connectivity index (χ4n) is 2.42. The fourth-order valence-corrected chi connectivity index (χ4v) is 3.02. The van der Waals surface area contributed by atoms with Crippen LogP contribution in [0.4, 0.5) is 5.69 Å². The van der Waals surface area contributed by atoms with Crippen molar-refractivity contribution >= 4 is 58.0 Å². The number of nitrogens with one attached hydrogen (secondary N) is 1. The molecule has 3 aromatic rings. The molecule has 26 heavy (non-hydrogen) atoms. The second-order valence-corrected chi connectivity index (χ2v) is 6.76. The van der Waals surface area contributed by atoms with Crippen LogP contribution in [0.5, 0.6) is 0 Å². The maximum Gasteiger partial charge on any atom is 0.256 e. The largest absolute Gasteiger partial charge is 0.321 e. The molecule has 0 spiro atoms. The zero-order chi connectivity index (χ0) is 18.5. The number of amides is 1. The van der Waals surface area contributed by atoms with Gasteiger partial charge in [0.25, 0.3) is 5.91 Å². The van der Waals surface area contributed by atoms with E-state index in [-0.39, 0.29) is 5.91 Å². The summed E-state index contributed by atoms with van der Waals surface area (Å²) in [6.07, 6.45) is 1.83. The minimum atomic E-state index is -0.291. The van der Waals surface area contributed by atoms with Gasteiger partial charge in [0.1, 0.15) is 0 Å². The first kappa shape index (κ1) is 18.5. The molecule has 0 aromatic heterocycles. The molecule has 1 N–H and O–H groups in total. The molecule has 5 heteroatoms. The van der Waals surface area contributed by atoms with Crippen LogP contribution < -0.4 is 5.32 Å². The third-order valence-electron chi connectivity index (χ3n) is 3.70. The second kappa shape index (κ2) is 8.41. The van der Waals surface area contributed by atoms with Crippen molar-refractivity contribution in [1.82, 2.24) is 0 Å². The molecule has 0 fully saturated rings. The first-order chi connectivity index (χ1) is 12.5. The Morgan fingerprint density at radius 1 is 0.769 bits per heavy atom. The first-order valence-electron chi connectivity index (χ1n) is 7.82. The van der Waals surface area contributed by atoms with E-state index < -0.39 is 0 Å².